The zero-order valence-electron chi connectivity index (χ0n) is 13.5. The summed E-state index contributed by atoms with van der Waals surface area (Å²) in [5, 5.41) is 11.8. The fraction of sp³-hybridized carbons (Fsp3) is 0.867. The number of carbonyl (C=O) groups is 2. The van der Waals surface area contributed by atoms with Crippen molar-refractivity contribution in [1.82, 2.24) is 15.1 Å². The molecule has 0 aliphatic carbocycles. The molecule has 1 fully saturated rings. The van der Waals surface area contributed by atoms with E-state index in [1.807, 2.05) is 20.8 Å². The molecule has 1 atom stereocenters. The average Bonchev–Trinajstić information content (AvgIpc) is 2.82. The van der Waals surface area contributed by atoms with Gasteiger partial charge in [-0.15, -0.1) is 0 Å². The lowest BCUT2D eigenvalue weighted by molar-refractivity contribution is -0.136. The number of rotatable bonds is 8. The van der Waals surface area contributed by atoms with Crippen LogP contribution in [0, 0.1) is 5.92 Å². The van der Waals surface area contributed by atoms with E-state index in [9.17, 15) is 9.59 Å². The summed E-state index contributed by atoms with van der Waals surface area (Å²) in [6, 6.07) is 0.0872. The SMILES string of the molecule is CCN(CC(=O)NC(C)C)C(=O)CN1CCC(CCO)C1. The standard InChI is InChI=1S/C15H29N3O3/c1-4-18(10-14(20)16-12(2)3)15(21)11-17-7-5-13(9-17)6-8-19/h12-13,19H,4-11H2,1-3H3,(H,16,20). The lowest BCUT2D eigenvalue weighted by Crippen LogP contribution is -2.45. The molecule has 6 heteroatoms. The van der Waals surface area contributed by atoms with E-state index in [2.05, 4.69) is 10.2 Å². The van der Waals surface area contributed by atoms with Crippen molar-refractivity contribution in [2.24, 2.45) is 5.92 Å². The Hall–Kier alpha value is -1.14. The summed E-state index contributed by atoms with van der Waals surface area (Å²) in [6.45, 7) is 8.70. The Kier molecular flexibility index (Phi) is 7.67. The molecule has 1 aliphatic heterocycles. The molecule has 2 N–H and O–H groups in total. The summed E-state index contributed by atoms with van der Waals surface area (Å²) in [5.41, 5.74) is 0. The molecule has 0 bridgehead atoms. The molecule has 1 saturated heterocycles. The molecule has 0 radical (unpaired) electrons. The fourth-order valence-electron chi connectivity index (χ4n) is 2.68. The van der Waals surface area contributed by atoms with E-state index in [0.717, 1.165) is 25.9 Å². The molecule has 0 saturated carbocycles. The number of nitrogens with one attached hydrogen (secondary N) is 1. The third kappa shape index (κ3) is 6.44. The monoisotopic (exact) mass is 299 g/mol. The highest BCUT2D eigenvalue weighted by Gasteiger charge is 2.25. The van der Waals surface area contributed by atoms with Crippen LogP contribution in [0.4, 0.5) is 0 Å². The molecule has 6 nitrogen and oxygen atoms in total. The largest absolute Gasteiger partial charge is 0.396 e. The van der Waals surface area contributed by atoms with Gasteiger partial charge in [0.15, 0.2) is 0 Å². The number of likely N-dealkylation sites (tertiary alicyclic amines) is 1. The van der Waals surface area contributed by atoms with E-state index in [-0.39, 0.29) is 31.0 Å². The van der Waals surface area contributed by atoms with Gasteiger partial charge in [-0.1, -0.05) is 0 Å². The van der Waals surface area contributed by atoms with Crippen LogP contribution < -0.4 is 5.32 Å². The zero-order valence-corrected chi connectivity index (χ0v) is 13.5. The van der Waals surface area contributed by atoms with Crippen LogP contribution in [-0.2, 0) is 9.59 Å². The number of nitrogens with zero attached hydrogens (tertiary/aromatic N) is 2. The van der Waals surface area contributed by atoms with Crippen LogP contribution in [0.15, 0.2) is 0 Å². The Labute approximate surface area is 127 Å². The third-order valence-electron chi connectivity index (χ3n) is 3.78. The predicted octanol–water partition coefficient (Wildman–Crippen LogP) is 0.0638. The van der Waals surface area contributed by atoms with Crippen LogP contribution in [0.3, 0.4) is 0 Å². The van der Waals surface area contributed by atoms with Crippen LogP contribution in [0.5, 0.6) is 0 Å². The van der Waals surface area contributed by atoms with Crippen molar-refractivity contribution >= 4 is 11.8 Å². The Balaban J connectivity index is 2.39. The molecule has 1 rings (SSSR count). The smallest absolute Gasteiger partial charge is 0.239 e. The molecule has 1 unspecified atom stereocenters. The van der Waals surface area contributed by atoms with Crippen LogP contribution in [-0.4, -0.2) is 72.1 Å². The van der Waals surface area contributed by atoms with E-state index < -0.39 is 0 Å². The highest BCUT2D eigenvalue weighted by molar-refractivity contribution is 5.85. The van der Waals surface area contributed by atoms with Crippen LogP contribution in [0.25, 0.3) is 0 Å². The highest BCUT2D eigenvalue weighted by atomic mass is 16.3. The van der Waals surface area contributed by atoms with Crippen LogP contribution in [0.2, 0.25) is 0 Å². The maximum atomic E-state index is 12.3. The summed E-state index contributed by atoms with van der Waals surface area (Å²) >= 11 is 0. The quantitative estimate of drug-likeness (QED) is 0.665. The van der Waals surface area contributed by atoms with Gasteiger partial charge in [0, 0.05) is 25.7 Å². The second-order valence-electron chi connectivity index (χ2n) is 6.03. The first-order chi connectivity index (χ1) is 9.96. The number of aliphatic hydroxyl groups excluding tert-OH is 1. The minimum atomic E-state index is -0.111. The Morgan fingerprint density at radius 1 is 1.43 bits per heavy atom. The van der Waals surface area contributed by atoms with E-state index in [1.165, 1.54) is 0 Å². The summed E-state index contributed by atoms with van der Waals surface area (Å²) in [5.74, 6) is 0.378. The topological polar surface area (TPSA) is 72.9 Å². The second kappa shape index (κ2) is 9.00. The van der Waals surface area contributed by atoms with Gasteiger partial charge in [-0.05, 0) is 46.1 Å². The summed E-state index contributed by atoms with van der Waals surface area (Å²) in [7, 11) is 0. The van der Waals surface area contributed by atoms with Crippen molar-refractivity contribution in [3.63, 3.8) is 0 Å². The zero-order chi connectivity index (χ0) is 15.8. The molecule has 2 amide bonds. The van der Waals surface area contributed by atoms with Gasteiger partial charge in [0.1, 0.15) is 0 Å². The van der Waals surface area contributed by atoms with Gasteiger partial charge in [0.2, 0.25) is 11.8 Å². The van der Waals surface area contributed by atoms with Crippen molar-refractivity contribution < 1.29 is 14.7 Å². The van der Waals surface area contributed by atoms with Gasteiger partial charge in [-0.25, -0.2) is 0 Å². The van der Waals surface area contributed by atoms with Gasteiger partial charge in [0.05, 0.1) is 13.1 Å². The Morgan fingerprint density at radius 3 is 2.71 bits per heavy atom. The van der Waals surface area contributed by atoms with Crippen molar-refractivity contribution in [1.29, 1.82) is 0 Å². The number of aliphatic hydroxyl groups is 1. The van der Waals surface area contributed by atoms with Gasteiger partial charge >= 0.3 is 0 Å². The number of likely N-dealkylation sites (N-methyl/N-ethyl adjacent to an activating group) is 1. The molecule has 122 valence electrons. The van der Waals surface area contributed by atoms with Crippen LogP contribution in [0.1, 0.15) is 33.6 Å². The molecule has 0 aromatic carbocycles. The van der Waals surface area contributed by atoms with E-state index in [1.54, 1.807) is 4.90 Å². The van der Waals surface area contributed by atoms with E-state index in [0.29, 0.717) is 19.0 Å². The molecule has 0 aromatic heterocycles. The number of hydrogen-bond acceptors (Lipinski definition) is 4. The van der Waals surface area contributed by atoms with Gasteiger partial charge < -0.3 is 15.3 Å². The predicted molar refractivity (Wildman–Crippen MR) is 81.8 cm³/mol. The maximum Gasteiger partial charge on any atom is 0.239 e. The minimum Gasteiger partial charge on any atom is -0.396 e. The molecule has 0 spiro atoms. The molecule has 1 heterocycles. The van der Waals surface area contributed by atoms with Crippen molar-refractivity contribution in [2.75, 3.05) is 39.3 Å². The van der Waals surface area contributed by atoms with Gasteiger partial charge in [-0.2, -0.15) is 0 Å². The Morgan fingerprint density at radius 2 is 2.14 bits per heavy atom. The maximum absolute atomic E-state index is 12.3. The van der Waals surface area contributed by atoms with Gasteiger partial charge in [-0.3, -0.25) is 14.5 Å². The van der Waals surface area contributed by atoms with E-state index >= 15 is 0 Å². The first-order valence-corrected chi connectivity index (χ1v) is 7.86. The summed E-state index contributed by atoms with van der Waals surface area (Å²) < 4.78 is 0. The fourth-order valence-corrected chi connectivity index (χ4v) is 2.68. The molecule has 1 aliphatic rings. The molecular formula is C15H29N3O3. The molecule has 0 aromatic rings. The average molecular weight is 299 g/mol. The molecular weight excluding hydrogens is 270 g/mol. The summed E-state index contributed by atoms with van der Waals surface area (Å²) in [4.78, 5) is 27.7. The molecule has 21 heavy (non-hydrogen) atoms. The van der Waals surface area contributed by atoms with Crippen LogP contribution >= 0.6 is 0 Å². The van der Waals surface area contributed by atoms with Crippen molar-refractivity contribution in [3.8, 4) is 0 Å². The van der Waals surface area contributed by atoms with Crippen molar-refractivity contribution in [2.45, 2.75) is 39.7 Å². The highest BCUT2D eigenvalue weighted by Crippen LogP contribution is 2.18. The number of hydrogen-bond donors (Lipinski definition) is 2. The summed E-state index contributed by atoms with van der Waals surface area (Å²) in [6.07, 6.45) is 1.84. The lowest BCUT2D eigenvalue weighted by Gasteiger charge is -2.24. The van der Waals surface area contributed by atoms with Crippen molar-refractivity contribution in [3.05, 3.63) is 0 Å². The first-order valence-electron chi connectivity index (χ1n) is 7.86. The first kappa shape index (κ1) is 17.9. The number of carbonyl (C=O) groups excluding carboxylic acids is 2. The normalized spacial score (nSPS) is 19.0. The third-order valence-corrected chi connectivity index (χ3v) is 3.78. The lowest BCUT2D eigenvalue weighted by atomic mass is 10.1. The van der Waals surface area contributed by atoms with Gasteiger partial charge in [0.25, 0.3) is 0 Å². The number of amides is 2. The Bertz CT molecular complexity index is 347. The van der Waals surface area contributed by atoms with E-state index in [4.69, 9.17) is 5.11 Å². The minimum absolute atomic E-state index is 0.000976. The second-order valence-corrected chi connectivity index (χ2v) is 6.03.